The van der Waals surface area contributed by atoms with Crippen molar-refractivity contribution in [1.29, 1.82) is 0 Å². The average Bonchev–Trinajstić information content (AvgIpc) is 2.70. The molecule has 0 atom stereocenters. The van der Waals surface area contributed by atoms with Gasteiger partial charge < -0.3 is 5.32 Å². The van der Waals surface area contributed by atoms with Crippen LogP contribution in [0.1, 0.15) is 6.42 Å². The zero-order valence-corrected chi connectivity index (χ0v) is 7.60. The fourth-order valence-corrected chi connectivity index (χ4v) is 0.963. The van der Waals surface area contributed by atoms with Crippen molar-refractivity contribution in [3.63, 3.8) is 0 Å². The Hall–Kier alpha value is -1.96. The highest BCUT2D eigenvalue weighted by Gasteiger charge is 2.05. The number of amides is 1. The first-order valence-electron chi connectivity index (χ1n) is 4.27. The number of azide groups is 1. The predicted molar refractivity (Wildman–Crippen MR) is 52.4 cm³/mol. The van der Waals surface area contributed by atoms with Crippen LogP contribution in [0.2, 0.25) is 0 Å². The van der Waals surface area contributed by atoms with Crippen molar-refractivity contribution in [1.82, 2.24) is 5.32 Å². The summed E-state index contributed by atoms with van der Waals surface area (Å²) in [6.45, 7) is 0.915. The van der Waals surface area contributed by atoms with Gasteiger partial charge in [-0.2, -0.15) is 0 Å². The van der Waals surface area contributed by atoms with Gasteiger partial charge in [0.25, 0.3) is 5.91 Å². The second-order valence-electron chi connectivity index (χ2n) is 2.65. The first-order chi connectivity index (χ1) is 6.84. The number of hydrogen-bond acceptors (Lipinski definition) is 2. The molecular weight excluding hydrogens is 180 g/mol. The van der Waals surface area contributed by atoms with Crippen LogP contribution in [-0.2, 0) is 4.79 Å². The van der Waals surface area contributed by atoms with Crippen molar-refractivity contribution in [2.24, 2.45) is 5.11 Å². The van der Waals surface area contributed by atoms with Crippen LogP contribution in [0.15, 0.2) is 34.6 Å². The maximum atomic E-state index is 11.3. The third-order valence-electron chi connectivity index (χ3n) is 1.63. The van der Waals surface area contributed by atoms with E-state index in [1.165, 1.54) is 0 Å². The molecule has 72 valence electrons. The van der Waals surface area contributed by atoms with Gasteiger partial charge in [-0.15, -0.1) is 5.73 Å². The van der Waals surface area contributed by atoms with E-state index in [1.54, 1.807) is 18.2 Å². The van der Waals surface area contributed by atoms with Crippen molar-refractivity contribution in [2.45, 2.75) is 6.42 Å². The number of carbonyl (C=O) groups excluding carboxylic acids is 1. The van der Waals surface area contributed by atoms with Crippen molar-refractivity contribution in [3.8, 4) is 0 Å². The molecule has 1 rings (SSSR count). The Bertz CT molecular complexity index is 357. The van der Waals surface area contributed by atoms with Crippen LogP contribution < -0.4 is 5.32 Å². The molecule has 0 radical (unpaired) electrons. The molecule has 1 amide bonds. The average molecular weight is 190 g/mol. The highest BCUT2D eigenvalue weighted by atomic mass is 16.1. The quantitative estimate of drug-likeness (QED) is 0.230. The molecule has 14 heavy (non-hydrogen) atoms. The van der Waals surface area contributed by atoms with Gasteiger partial charge in [0.1, 0.15) is 0 Å². The van der Waals surface area contributed by atoms with E-state index in [4.69, 9.17) is 5.53 Å². The van der Waals surface area contributed by atoms with Gasteiger partial charge in [-0.05, 0) is 24.1 Å². The van der Waals surface area contributed by atoms with Crippen LogP contribution in [0.25, 0.3) is 10.4 Å². The molecule has 0 unspecified atom stereocenters. The molecule has 0 saturated carbocycles. The van der Waals surface area contributed by atoms with Gasteiger partial charge >= 0.3 is 0 Å². The molecule has 0 aromatic carbocycles. The van der Waals surface area contributed by atoms with Crippen molar-refractivity contribution >= 4 is 5.91 Å². The third-order valence-corrected chi connectivity index (χ3v) is 1.63. The smallest absolute Gasteiger partial charge is 0.259 e. The molecule has 0 spiro atoms. The molecule has 0 aliphatic heterocycles. The molecule has 1 aliphatic carbocycles. The lowest BCUT2D eigenvalue weighted by Crippen LogP contribution is -2.25. The minimum absolute atomic E-state index is 0.143. The summed E-state index contributed by atoms with van der Waals surface area (Å²) in [4.78, 5) is 13.9. The van der Waals surface area contributed by atoms with Gasteiger partial charge in [0.15, 0.2) is 0 Å². The largest absolute Gasteiger partial charge is 0.352 e. The molecule has 0 heterocycles. The topological polar surface area (TPSA) is 77.9 Å². The van der Waals surface area contributed by atoms with E-state index in [9.17, 15) is 4.79 Å². The van der Waals surface area contributed by atoms with Crippen LogP contribution in [0.5, 0.6) is 0 Å². The number of nitrogens with one attached hydrogen (secondary N) is 1. The summed E-state index contributed by atoms with van der Waals surface area (Å²) in [5.74, 6) is -0.143. The summed E-state index contributed by atoms with van der Waals surface area (Å²) in [5.41, 5.74) is 11.3. The second kappa shape index (κ2) is 5.65. The van der Waals surface area contributed by atoms with Crippen molar-refractivity contribution in [3.05, 3.63) is 40.0 Å². The Balaban J connectivity index is 2.19. The fraction of sp³-hybridized carbons (Fsp3) is 0.333. The molecule has 0 fully saturated rings. The summed E-state index contributed by atoms with van der Waals surface area (Å²) in [5, 5.41) is 6.04. The Kier molecular flexibility index (Phi) is 4.08. The minimum atomic E-state index is -0.143. The summed E-state index contributed by atoms with van der Waals surface area (Å²) in [7, 11) is 0. The molecule has 5 heteroatoms. The molecule has 0 aromatic heterocycles. The van der Waals surface area contributed by atoms with Crippen LogP contribution in [-0.4, -0.2) is 19.0 Å². The summed E-state index contributed by atoms with van der Waals surface area (Å²) in [6.07, 6.45) is 5.79. The summed E-state index contributed by atoms with van der Waals surface area (Å²) >= 11 is 0. The first-order valence-corrected chi connectivity index (χ1v) is 4.27. The van der Waals surface area contributed by atoms with Crippen molar-refractivity contribution < 1.29 is 4.79 Å². The zero-order chi connectivity index (χ0) is 10.2. The van der Waals surface area contributed by atoms with E-state index in [2.05, 4.69) is 21.1 Å². The molecule has 0 bridgehead atoms. The van der Waals surface area contributed by atoms with Crippen LogP contribution >= 0.6 is 0 Å². The third kappa shape index (κ3) is 3.19. The number of hydrogen-bond donors (Lipinski definition) is 1. The van der Waals surface area contributed by atoms with E-state index >= 15 is 0 Å². The standard InChI is InChI=1S/C9H10N4O/c10-13-12-7-3-6-11-9(14)8-4-1-2-5-8/h1-2,4H,3,6-7H2,(H,11,14). The molecule has 5 nitrogen and oxygen atoms in total. The van der Waals surface area contributed by atoms with E-state index in [1.807, 2.05) is 0 Å². The lowest BCUT2D eigenvalue weighted by Gasteiger charge is -2.01. The molecule has 1 N–H and O–H groups in total. The highest BCUT2D eigenvalue weighted by Crippen LogP contribution is 2.00. The highest BCUT2D eigenvalue weighted by molar-refractivity contribution is 5.96. The van der Waals surface area contributed by atoms with Crippen molar-refractivity contribution in [2.75, 3.05) is 13.1 Å². The molecule has 0 aromatic rings. The zero-order valence-electron chi connectivity index (χ0n) is 7.60. The Morgan fingerprint density at radius 2 is 2.57 bits per heavy atom. The van der Waals surface area contributed by atoms with E-state index in [0.29, 0.717) is 25.1 Å². The number of nitrogens with zero attached hydrogens (tertiary/aromatic N) is 3. The molecular formula is C9H10N4O. The number of allylic oxidation sites excluding steroid dienone is 1. The Morgan fingerprint density at radius 3 is 3.21 bits per heavy atom. The van der Waals surface area contributed by atoms with Gasteiger partial charge in [-0.25, -0.2) is 0 Å². The van der Waals surface area contributed by atoms with Crippen LogP contribution in [0, 0.1) is 0 Å². The van der Waals surface area contributed by atoms with Crippen LogP contribution in [0.4, 0.5) is 0 Å². The lowest BCUT2D eigenvalue weighted by molar-refractivity contribution is -0.117. The maximum Gasteiger partial charge on any atom is 0.259 e. The van der Waals surface area contributed by atoms with Crippen LogP contribution in [0.3, 0.4) is 0 Å². The van der Waals surface area contributed by atoms with Gasteiger partial charge in [0.05, 0.1) is 5.57 Å². The molecule has 0 saturated heterocycles. The van der Waals surface area contributed by atoms with Gasteiger partial charge in [0, 0.05) is 18.0 Å². The lowest BCUT2D eigenvalue weighted by atomic mass is 10.3. The predicted octanol–water partition coefficient (Wildman–Crippen LogP) is 1.45. The van der Waals surface area contributed by atoms with Gasteiger partial charge in [-0.3, -0.25) is 4.79 Å². The number of carbonyl (C=O) groups is 1. The number of rotatable bonds is 5. The maximum absolute atomic E-state index is 11.3. The summed E-state index contributed by atoms with van der Waals surface area (Å²) in [6, 6.07) is 0. The monoisotopic (exact) mass is 190 g/mol. The van der Waals surface area contributed by atoms with Gasteiger partial charge in [0.2, 0.25) is 0 Å². The Labute approximate surface area is 81.4 Å². The van der Waals surface area contributed by atoms with E-state index < -0.39 is 0 Å². The second-order valence-corrected chi connectivity index (χ2v) is 2.65. The van der Waals surface area contributed by atoms with E-state index in [0.717, 1.165) is 0 Å². The van der Waals surface area contributed by atoms with E-state index in [-0.39, 0.29) is 5.91 Å². The minimum Gasteiger partial charge on any atom is -0.352 e. The van der Waals surface area contributed by atoms with Gasteiger partial charge in [-0.1, -0.05) is 11.2 Å². The fourth-order valence-electron chi connectivity index (χ4n) is 0.963. The summed E-state index contributed by atoms with van der Waals surface area (Å²) < 4.78 is 0. The molecule has 1 aliphatic rings. The first kappa shape index (κ1) is 10.1. The SMILES string of the molecule is [N-]=[N+]=NCCCNC(=O)C1=C=CC=C1. The Morgan fingerprint density at radius 1 is 1.71 bits per heavy atom. The normalized spacial score (nSPS) is 12.1.